The normalized spacial score (nSPS) is 18.9. The quantitative estimate of drug-likeness (QED) is 0.662. The van der Waals surface area contributed by atoms with Crippen molar-refractivity contribution in [1.82, 2.24) is 0 Å². The third-order valence-corrected chi connectivity index (χ3v) is 3.36. The third kappa shape index (κ3) is 3.39. The van der Waals surface area contributed by atoms with Gasteiger partial charge in [0.25, 0.3) is 0 Å². The van der Waals surface area contributed by atoms with Crippen molar-refractivity contribution in [2.24, 2.45) is 0 Å². The van der Waals surface area contributed by atoms with E-state index in [1.54, 1.807) is 12.1 Å². The van der Waals surface area contributed by atoms with Gasteiger partial charge in [0.2, 0.25) is 0 Å². The second-order valence-electron chi connectivity index (χ2n) is 5.00. The Morgan fingerprint density at radius 3 is 3.00 bits per heavy atom. The molecule has 1 aromatic carbocycles. The minimum atomic E-state index is -0.431. The fraction of sp³-hybridized carbons (Fsp3) is 0.571. The van der Waals surface area contributed by atoms with Crippen LogP contribution in [0.4, 0.5) is 11.4 Å². The largest absolute Gasteiger partial charge is 0.487 e. The molecule has 1 fully saturated rings. The van der Waals surface area contributed by atoms with Gasteiger partial charge in [0.1, 0.15) is 0 Å². The number of nitro benzene ring substituents is 1. The third-order valence-electron chi connectivity index (χ3n) is 3.36. The van der Waals surface area contributed by atoms with Gasteiger partial charge in [-0.2, -0.15) is 0 Å². The van der Waals surface area contributed by atoms with Gasteiger partial charge < -0.3 is 14.7 Å². The SMILES string of the molecule is CCCOc1cc(N2CCCC(O)C2)ccc1[N+](=O)[O-]. The van der Waals surface area contributed by atoms with E-state index in [4.69, 9.17) is 4.74 Å². The molecule has 1 aromatic rings. The van der Waals surface area contributed by atoms with Crippen LogP contribution in [0.2, 0.25) is 0 Å². The number of rotatable bonds is 5. The highest BCUT2D eigenvalue weighted by Gasteiger charge is 2.21. The monoisotopic (exact) mass is 280 g/mol. The maximum Gasteiger partial charge on any atom is 0.311 e. The molecule has 0 aliphatic carbocycles. The molecule has 110 valence electrons. The first-order valence-corrected chi connectivity index (χ1v) is 6.96. The molecule has 20 heavy (non-hydrogen) atoms. The van der Waals surface area contributed by atoms with Crippen molar-refractivity contribution in [2.75, 3.05) is 24.6 Å². The molecule has 1 aliphatic rings. The van der Waals surface area contributed by atoms with Crippen molar-refractivity contribution in [1.29, 1.82) is 0 Å². The van der Waals surface area contributed by atoms with E-state index in [0.717, 1.165) is 31.5 Å². The lowest BCUT2D eigenvalue weighted by atomic mass is 10.1. The lowest BCUT2D eigenvalue weighted by molar-refractivity contribution is -0.385. The number of aliphatic hydroxyl groups is 1. The second kappa shape index (κ2) is 6.56. The van der Waals surface area contributed by atoms with Crippen molar-refractivity contribution < 1.29 is 14.8 Å². The van der Waals surface area contributed by atoms with E-state index in [1.807, 2.05) is 11.8 Å². The zero-order valence-electron chi connectivity index (χ0n) is 11.6. The van der Waals surface area contributed by atoms with E-state index in [-0.39, 0.29) is 11.8 Å². The average molecular weight is 280 g/mol. The van der Waals surface area contributed by atoms with Crippen LogP contribution in [-0.2, 0) is 0 Å². The summed E-state index contributed by atoms with van der Waals surface area (Å²) in [5.41, 5.74) is 0.847. The van der Waals surface area contributed by atoms with E-state index in [1.165, 1.54) is 6.07 Å². The number of anilines is 1. The Morgan fingerprint density at radius 2 is 2.35 bits per heavy atom. The van der Waals surface area contributed by atoms with E-state index in [2.05, 4.69) is 0 Å². The molecule has 2 rings (SSSR count). The topological polar surface area (TPSA) is 75.8 Å². The maximum absolute atomic E-state index is 11.0. The summed E-state index contributed by atoms with van der Waals surface area (Å²) in [4.78, 5) is 12.6. The number of nitro groups is 1. The van der Waals surface area contributed by atoms with Crippen LogP contribution in [-0.4, -0.2) is 35.8 Å². The number of ether oxygens (including phenoxy) is 1. The maximum atomic E-state index is 11.0. The molecule has 1 aliphatic heterocycles. The standard InChI is InChI=1S/C14H20N2O4/c1-2-8-20-14-9-11(5-6-13(14)16(18)19)15-7-3-4-12(17)10-15/h5-6,9,12,17H,2-4,7-8,10H2,1H3. The summed E-state index contributed by atoms with van der Waals surface area (Å²) in [6.07, 6.45) is 2.19. The highest BCUT2D eigenvalue weighted by molar-refractivity contribution is 5.59. The van der Waals surface area contributed by atoms with E-state index >= 15 is 0 Å². The number of nitrogens with zero attached hydrogens (tertiary/aromatic N) is 2. The number of hydrogen-bond acceptors (Lipinski definition) is 5. The van der Waals surface area contributed by atoms with Crippen molar-refractivity contribution in [3.8, 4) is 5.75 Å². The van der Waals surface area contributed by atoms with Gasteiger partial charge in [-0.1, -0.05) is 6.92 Å². The van der Waals surface area contributed by atoms with Crippen LogP contribution in [0, 0.1) is 10.1 Å². The summed E-state index contributed by atoms with van der Waals surface area (Å²) in [5, 5.41) is 20.7. The van der Waals surface area contributed by atoms with Gasteiger partial charge in [-0.25, -0.2) is 0 Å². The average Bonchev–Trinajstić information content (AvgIpc) is 2.44. The van der Waals surface area contributed by atoms with Crippen molar-refractivity contribution in [2.45, 2.75) is 32.3 Å². The Kier molecular flexibility index (Phi) is 4.79. The molecule has 0 saturated carbocycles. The number of β-amino-alcohol motifs (C(OH)–C–C–N with tert-alkyl or cyclic N) is 1. The molecule has 0 bridgehead atoms. The Labute approximate surface area is 118 Å². The number of piperidine rings is 1. The number of hydrogen-bond donors (Lipinski definition) is 1. The van der Waals surface area contributed by atoms with Crippen molar-refractivity contribution in [3.63, 3.8) is 0 Å². The number of benzene rings is 1. The van der Waals surface area contributed by atoms with Gasteiger partial charge in [-0.05, 0) is 25.3 Å². The van der Waals surface area contributed by atoms with Gasteiger partial charge in [-0.3, -0.25) is 10.1 Å². The van der Waals surface area contributed by atoms with Crippen LogP contribution >= 0.6 is 0 Å². The smallest absolute Gasteiger partial charge is 0.311 e. The van der Waals surface area contributed by atoms with Crippen molar-refractivity contribution in [3.05, 3.63) is 28.3 Å². The molecule has 6 nitrogen and oxygen atoms in total. The molecular weight excluding hydrogens is 260 g/mol. The predicted molar refractivity (Wildman–Crippen MR) is 76.3 cm³/mol. The predicted octanol–water partition coefficient (Wildman–Crippen LogP) is 2.34. The van der Waals surface area contributed by atoms with Gasteiger partial charge in [0.05, 0.1) is 17.6 Å². The Morgan fingerprint density at radius 1 is 1.55 bits per heavy atom. The Balaban J connectivity index is 2.23. The zero-order chi connectivity index (χ0) is 14.5. The Hall–Kier alpha value is -1.82. The van der Waals surface area contributed by atoms with E-state index in [9.17, 15) is 15.2 Å². The van der Waals surface area contributed by atoms with Crippen LogP contribution < -0.4 is 9.64 Å². The molecule has 1 atom stereocenters. The molecule has 0 aromatic heterocycles. The summed E-state index contributed by atoms with van der Waals surface area (Å²) < 4.78 is 5.48. The number of aliphatic hydroxyl groups excluding tert-OH is 1. The highest BCUT2D eigenvalue weighted by Crippen LogP contribution is 2.32. The molecular formula is C14H20N2O4. The highest BCUT2D eigenvalue weighted by atomic mass is 16.6. The first-order chi connectivity index (χ1) is 9.61. The zero-order valence-corrected chi connectivity index (χ0v) is 11.6. The fourth-order valence-corrected chi connectivity index (χ4v) is 2.37. The summed E-state index contributed by atoms with van der Waals surface area (Å²) >= 11 is 0. The lowest BCUT2D eigenvalue weighted by Gasteiger charge is -2.32. The lowest BCUT2D eigenvalue weighted by Crippen LogP contribution is -2.38. The molecule has 1 unspecified atom stereocenters. The molecule has 1 N–H and O–H groups in total. The minimum Gasteiger partial charge on any atom is -0.487 e. The molecule has 6 heteroatoms. The molecule has 0 radical (unpaired) electrons. The van der Waals surface area contributed by atoms with Crippen LogP contribution in [0.3, 0.4) is 0 Å². The van der Waals surface area contributed by atoms with Crippen LogP contribution in [0.25, 0.3) is 0 Å². The van der Waals surface area contributed by atoms with Gasteiger partial charge in [0, 0.05) is 30.9 Å². The van der Waals surface area contributed by atoms with Crippen molar-refractivity contribution >= 4 is 11.4 Å². The summed E-state index contributed by atoms with van der Waals surface area (Å²) in [5.74, 6) is 0.300. The van der Waals surface area contributed by atoms with Gasteiger partial charge in [0.15, 0.2) is 5.75 Å². The Bertz CT molecular complexity index is 478. The molecule has 0 amide bonds. The minimum absolute atomic E-state index is 0.0141. The molecule has 1 saturated heterocycles. The van der Waals surface area contributed by atoms with Crippen LogP contribution in [0.15, 0.2) is 18.2 Å². The first kappa shape index (κ1) is 14.6. The van der Waals surface area contributed by atoms with Crippen LogP contribution in [0.5, 0.6) is 5.75 Å². The summed E-state index contributed by atoms with van der Waals surface area (Å²) in [6, 6.07) is 4.89. The first-order valence-electron chi connectivity index (χ1n) is 6.96. The summed E-state index contributed by atoms with van der Waals surface area (Å²) in [7, 11) is 0. The summed E-state index contributed by atoms with van der Waals surface area (Å²) in [6.45, 7) is 3.82. The molecule has 1 heterocycles. The van der Waals surface area contributed by atoms with Crippen LogP contribution in [0.1, 0.15) is 26.2 Å². The van der Waals surface area contributed by atoms with Gasteiger partial charge in [-0.15, -0.1) is 0 Å². The second-order valence-corrected chi connectivity index (χ2v) is 5.00. The van der Waals surface area contributed by atoms with Gasteiger partial charge >= 0.3 is 5.69 Å². The fourth-order valence-electron chi connectivity index (χ4n) is 2.37. The van der Waals surface area contributed by atoms with E-state index in [0.29, 0.717) is 18.9 Å². The molecule has 0 spiro atoms. The van der Waals surface area contributed by atoms with E-state index < -0.39 is 4.92 Å².